The Morgan fingerprint density at radius 3 is 1.73 bits per heavy atom. The van der Waals surface area contributed by atoms with Crippen molar-refractivity contribution in [2.75, 3.05) is 0 Å². The van der Waals surface area contributed by atoms with Crippen LogP contribution >= 0.6 is 0 Å². The van der Waals surface area contributed by atoms with E-state index in [1.165, 1.54) is 0 Å². The van der Waals surface area contributed by atoms with E-state index in [4.69, 9.17) is 5.73 Å². The van der Waals surface area contributed by atoms with E-state index in [1.807, 2.05) is 13.8 Å². The van der Waals surface area contributed by atoms with Crippen molar-refractivity contribution in [2.24, 2.45) is 11.7 Å². The highest BCUT2D eigenvalue weighted by Gasteiger charge is 2.16. The van der Waals surface area contributed by atoms with Gasteiger partial charge in [0.2, 0.25) is 0 Å². The molecule has 0 radical (unpaired) electrons. The minimum atomic E-state index is 0.0637. The van der Waals surface area contributed by atoms with E-state index in [1.54, 1.807) is 0 Å². The lowest BCUT2D eigenvalue weighted by Gasteiger charge is -2.24. The van der Waals surface area contributed by atoms with Crippen molar-refractivity contribution >= 4 is 0 Å². The second kappa shape index (κ2) is 6.66. The fourth-order valence-corrected chi connectivity index (χ4v) is 1.08. The van der Waals surface area contributed by atoms with Crippen LogP contribution in [0.4, 0.5) is 0 Å². The highest BCUT2D eigenvalue weighted by Crippen LogP contribution is 2.15. The lowest BCUT2D eigenvalue weighted by Crippen LogP contribution is -2.36. The van der Waals surface area contributed by atoms with Gasteiger partial charge in [0, 0.05) is 5.54 Å². The summed E-state index contributed by atoms with van der Waals surface area (Å²) in [7, 11) is 0. The number of hydrogen-bond donors (Lipinski definition) is 1. The third-order valence-electron chi connectivity index (χ3n) is 1.68. The van der Waals surface area contributed by atoms with Crippen LogP contribution in [0.3, 0.4) is 0 Å². The molecule has 0 aliphatic rings. The van der Waals surface area contributed by atoms with Gasteiger partial charge >= 0.3 is 0 Å². The predicted molar refractivity (Wildman–Crippen MR) is 53.7 cm³/mol. The summed E-state index contributed by atoms with van der Waals surface area (Å²) in [6.45, 7) is 12.7. The molecule has 1 nitrogen and oxygen atoms in total. The van der Waals surface area contributed by atoms with Gasteiger partial charge in [-0.15, -0.1) is 0 Å². The third kappa shape index (κ3) is 9.96. The normalized spacial score (nSPS) is 15.3. The number of rotatable bonds is 3. The number of hydrogen-bond acceptors (Lipinski definition) is 1. The first-order valence-corrected chi connectivity index (χ1v) is 4.77. The molecule has 0 aromatic carbocycles. The summed E-state index contributed by atoms with van der Waals surface area (Å²) >= 11 is 0. The molecule has 0 aromatic rings. The third-order valence-corrected chi connectivity index (χ3v) is 1.68. The molecule has 0 fully saturated rings. The molecule has 1 unspecified atom stereocenters. The topological polar surface area (TPSA) is 26.0 Å². The van der Waals surface area contributed by atoms with Gasteiger partial charge in [-0.05, 0) is 25.7 Å². The molecule has 0 aliphatic carbocycles. The average Bonchev–Trinajstić information content (AvgIpc) is 1.90. The Morgan fingerprint density at radius 1 is 1.27 bits per heavy atom. The van der Waals surface area contributed by atoms with Crippen LogP contribution in [-0.4, -0.2) is 5.54 Å². The van der Waals surface area contributed by atoms with E-state index in [9.17, 15) is 0 Å². The summed E-state index contributed by atoms with van der Waals surface area (Å²) < 4.78 is 0. The second-order valence-electron chi connectivity index (χ2n) is 3.61. The van der Waals surface area contributed by atoms with Crippen LogP contribution in [0, 0.1) is 5.92 Å². The Bertz CT molecular complexity index is 74.9. The van der Waals surface area contributed by atoms with Crippen LogP contribution < -0.4 is 5.73 Å². The summed E-state index contributed by atoms with van der Waals surface area (Å²) in [4.78, 5) is 0. The fraction of sp³-hybridized carbons (Fsp3) is 1.00. The Hall–Kier alpha value is -0.0400. The number of nitrogens with two attached hydrogens (primary N) is 1. The molecule has 0 aromatic heterocycles. The predicted octanol–water partition coefficient (Wildman–Crippen LogP) is 3.19. The van der Waals surface area contributed by atoms with Crippen molar-refractivity contribution in [3.05, 3.63) is 0 Å². The lowest BCUT2D eigenvalue weighted by molar-refractivity contribution is 0.359. The van der Waals surface area contributed by atoms with Crippen LogP contribution in [0.1, 0.15) is 54.4 Å². The van der Waals surface area contributed by atoms with Gasteiger partial charge in [0.15, 0.2) is 0 Å². The molecule has 0 saturated carbocycles. The van der Waals surface area contributed by atoms with E-state index in [-0.39, 0.29) is 5.54 Å². The van der Waals surface area contributed by atoms with Gasteiger partial charge in [0.25, 0.3) is 0 Å². The monoisotopic (exact) mass is 159 g/mol. The molecule has 0 aliphatic heterocycles. The van der Waals surface area contributed by atoms with Crippen LogP contribution in [0.2, 0.25) is 0 Å². The first kappa shape index (κ1) is 13.5. The van der Waals surface area contributed by atoms with E-state index in [0.717, 1.165) is 18.8 Å². The maximum absolute atomic E-state index is 5.92. The zero-order valence-electron chi connectivity index (χ0n) is 9.07. The zero-order chi connectivity index (χ0) is 9.49. The first-order chi connectivity index (χ1) is 4.98. The average molecular weight is 159 g/mol. The van der Waals surface area contributed by atoms with Gasteiger partial charge in [0.05, 0.1) is 0 Å². The van der Waals surface area contributed by atoms with E-state index in [0.29, 0.717) is 0 Å². The summed E-state index contributed by atoms with van der Waals surface area (Å²) in [5.41, 5.74) is 5.98. The van der Waals surface area contributed by atoms with Crippen molar-refractivity contribution in [1.82, 2.24) is 0 Å². The molecule has 0 rings (SSSR count). The summed E-state index contributed by atoms with van der Waals surface area (Å²) in [6, 6.07) is 0. The van der Waals surface area contributed by atoms with Gasteiger partial charge < -0.3 is 5.73 Å². The standard InChI is InChI=1S/C8H19N.C2H6/c1-5-8(4,9)6-7(2)3;1-2/h7H,5-6,9H2,1-4H3;1-2H3. The van der Waals surface area contributed by atoms with Gasteiger partial charge in [-0.3, -0.25) is 0 Å². The van der Waals surface area contributed by atoms with Crippen molar-refractivity contribution in [3.8, 4) is 0 Å². The van der Waals surface area contributed by atoms with Crippen molar-refractivity contribution in [1.29, 1.82) is 0 Å². The Balaban J connectivity index is 0. The molecule has 2 N–H and O–H groups in total. The SMILES string of the molecule is CC.CCC(C)(N)CC(C)C. The van der Waals surface area contributed by atoms with Crippen LogP contribution in [0.15, 0.2) is 0 Å². The fourth-order valence-electron chi connectivity index (χ4n) is 1.08. The molecule has 0 heterocycles. The van der Waals surface area contributed by atoms with Crippen LogP contribution in [0.25, 0.3) is 0 Å². The van der Waals surface area contributed by atoms with Crippen molar-refractivity contribution in [3.63, 3.8) is 0 Å². The van der Waals surface area contributed by atoms with Gasteiger partial charge in [-0.1, -0.05) is 34.6 Å². The maximum Gasteiger partial charge on any atom is 0.0125 e. The van der Waals surface area contributed by atoms with Gasteiger partial charge in [-0.25, -0.2) is 0 Å². The summed E-state index contributed by atoms with van der Waals surface area (Å²) in [5, 5.41) is 0. The van der Waals surface area contributed by atoms with Gasteiger partial charge in [0.1, 0.15) is 0 Å². The minimum Gasteiger partial charge on any atom is -0.325 e. The van der Waals surface area contributed by atoms with Crippen molar-refractivity contribution in [2.45, 2.75) is 59.9 Å². The molecule has 1 atom stereocenters. The molecule has 0 amide bonds. The minimum absolute atomic E-state index is 0.0637. The van der Waals surface area contributed by atoms with Crippen molar-refractivity contribution < 1.29 is 0 Å². The van der Waals surface area contributed by atoms with E-state index in [2.05, 4.69) is 27.7 Å². The molecule has 70 valence electrons. The summed E-state index contributed by atoms with van der Waals surface area (Å²) in [5.74, 6) is 0.722. The largest absolute Gasteiger partial charge is 0.325 e. The zero-order valence-corrected chi connectivity index (χ0v) is 9.07. The van der Waals surface area contributed by atoms with Gasteiger partial charge in [-0.2, -0.15) is 0 Å². The van der Waals surface area contributed by atoms with Crippen LogP contribution in [-0.2, 0) is 0 Å². The molecule has 0 spiro atoms. The quantitative estimate of drug-likeness (QED) is 0.672. The molecule has 11 heavy (non-hydrogen) atoms. The molecular formula is C10H25N. The van der Waals surface area contributed by atoms with E-state index < -0.39 is 0 Å². The maximum atomic E-state index is 5.92. The second-order valence-corrected chi connectivity index (χ2v) is 3.61. The lowest BCUT2D eigenvalue weighted by atomic mass is 9.90. The molecule has 0 bridgehead atoms. The smallest absolute Gasteiger partial charge is 0.0125 e. The highest BCUT2D eigenvalue weighted by molar-refractivity contribution is 4.77. The molecular weight excluding hydrogens is 134 g/mol. The Kier molecular flexibility index (Phi) is 8.20. The highest BCUT2D eigenvalue weighted by atomic mass is 14.7. The molecule has 1 heteroatoms. The Morgan fingerprint density at radius 2 is 1.64 bits per heavy atom. The van der Waals surface area contributed by atoms with E-state index >= 15 is 0 Å². The first-order valence-electron chi connectivity index (χ1n) is 4.77. The summed E-state index contributed by atoms with van der Waals surface area (Å²) in [6.07, 6.45) is 2.20. The van der Waals surface area contributed by atoms with Crippen LogP contribution in [0.5, 0.6) is 0 Å². The Labute approximate surface area is 72.4 Å². The molecule has 0 saturated heterocycles.